The van der Waals surface area contributed by atoms with Crippen molar-refractivity contribution in [2.45, 2.75) is 43.9 Å². The van der Waals surface area contributed by atoms with E-state index in [0.717, 1.165) is 12.5 Å². The number of hydrogen-bond donors (Lipinski definition) is 1. The summed E-state index contributed by atoms with van der Waals surface area (Å²) >= 11 is 0. The molecule has 1 aromatic carbocycles. The van der Waals surface area contributed by atoms with Crippen molar-refractivity contribution in [2.24, 2.45) is 0 Å². The molecule has 1 N–H and O–H groups in total. The van der Waals surface area contributed by atoms with Crippen LogP contribution in [-0.2, 0) is 20.9 Å². The van der Waals surface area contributed by atoms with Crippen LogP contribution in [0.25, 0.3) is 17.0 Å². The number of nitrogens with one attached hydrogen (secondary N) is 1. The van der Waals surface area contributed by atoms with Crippen molar-refractivity contribution in [1.82, 2.24) is 14.5 Å². The number of sulfonamides is 1. The number of benzene rings is 1. The van der Waals surface area contributed by atoms with Gasteiger partial charge >= 0.3 is 12.3 Å². The van der Waals surface area contributed by atoms with Crippen molar-refractivity contribution in [3.8, 4) is 11.3 Å². The third-order valence-corrected chi connectivity index (χ3v) is 5.57. The fourth-order valence-electron chi connectivity index (χ4n) is 2.89. The van der Waals surface area contributed by atoms with E-state index in [9.17, 15) is 26.4 Å². The lowest BCUT2D eigenvalue weighted by molar-refractivity contribution is -0.141. The molecule has 1 amide bonds. The Morgan fingerprint density at radius 1 is 1.19 bits per heavy atom. The SMILES string of the molecule is CC(C)OC(=O)NS(=O)(=O)c1ccc(-c2cc(C(F)(F)F)nn2C2=CCCC=C2)cc1. The second-order valence-corrected chi connectivity index (χ2v) is 8.70. The molecule has 0 saturated heterocycles. The van der Waals surface area contributed by atoms with Gasteiger partial charge in [-0.15, -0.1) is 0 Å². The molecule has 2 aromatic rings. The number of carbonyl (C=O) groups is 1. The molecule has 0 atom stereocenters. The summed E-state index contributed by atoms with van der Waals surface area (Å²) in [6.07, 6.45) is 0.483. The molecule has 1 heterocycles. The Morgan fingerprint density at radius 3 is 2.42 bits per heavy atom. The van der Waals surface area contributed by atoms with Gasteiger partial charge in [-0.2, -0.15) is 18.3 Å². The third-order valence-electron chi connectivity index (χ3n) is 4.24. The van der Waals surface area contributed by atoms with Crippen LogP contribution in [0, 0.1) is 0 Å². The molecule has 3 rings (SSSR count). The molecule has 0 radical (unpaired) electrons. The summed E-state index contributed by atoms with van der Waals surface area (Å²) in [4.78, 5) is 11.4. The third kappa shape index (κ3) is 5.35. The largest absolute Gasteiger partial charge is 0.446 e. The van der Waals surface area contributed by atoms with E-state index in [1.807, 2.05) is 6.08 Å². The second kappa shape index (κ2) is 8.58. The fraction of sp³-hybridized carbons (Fsp3) is 0.300. The van der Waals surface area contributed by atoms with Gasteiger partial charge in [0, 0.05) is 5.56 Å². The molecule has 0 spiro atoms. The van der Waals surface area contributed by atoms with Crippen molar-refractivity contribution >= 4 is 21.8 Å². The number of halogens is 3. The number of rotatable bonds is 5. The van der Waals surface area contributed by atoms with Gasteiger partial charge in [-0.1, -0.05) is 24.3 Å². The van der Waals surface area contributed by atoms with Crippen LogP contribution in [-0.4, -0.2) is 30.4 Å². The summed E-state index contributed by atoms with van der Waals surface area (Å²) in [6.45, 7) is 3.13. The molecule has 31 heavy (non-hydrogen) atoms. The van der Waals surface area contributed by atoms with Crippen molar-refractivity contribution in [2.75, 3.05) is 0 Å². The van der Waals surface area contributed by atoms with Gasteiger partial charge in [-0.3, -0.25) is 0 Å². The van der Waals surface area contributed by atoms with E-state index in [0.29, 0.717) is 17.7 Å². The summed E-state index contributed by atoms with van der Waals surface area (Å²) in [6, 6.07) is 5.99. The lowest BCUT2D eigenvalue weighted by Gasteiger charge is -2.12. The molecule has 0 aliphatic heterocycles. The van der Waals surface area contributed by atoms with Crippen molar-refractivity contribution in [3.63, 3.8) is 0 Å². The number of amides is 1. The van der Waals surface area contributed by atoms with Gasteiger partial charge in [0.05, 0.1) is 22.4 Å². The van der Waals surface area contributed by atoms with E-state index >= 15 is 0 Å². The van der Waals surface area contributed by atoms with Gasteiger partial charge in [0.1, 0.15) is 0 Å². The Morgan fingerprint density at radius 2 is 1.87 bits per heavy atom. The number of hydrogen-bond acceptors (Lipinski definition) is 5. The number of allylic oxidation sites excluding steroid dienone is 4. The number of carbonyl (C=O) groups excluding carboxylic acids is 1. The predicted molar refractivity (Wildman–Crippen MR) is 107 cm³/mol. The van der Waals surface area contributed by atoms with Crippen LogP contribution < -0.4 is 4.72 Å². The first kappa shape index (κ1) is 22.6. The molecule has 0 fully saturated rings. The number of nitrogens with zero attached hydrogens (tertiary/aromatic N) is 2. The van der Waals surface area contributed by atoms with Crippen molar-refractivity contribution < 1.29 is 31.1 Å². The minimum Gasteiger partial charge on any atom is -0.446 e. The highest BCUT2D eigenvalue weighted by atomic mass is 32.2. The molecular formula is C20H20F3N3O4S. The molecule has 7 nitrogen and oxygen atoms in total. The zero-order valence-electron chi connectivity index (χ0n) is 16.7. The Kier molecular flexibility index (Phi) is 6.25. The van der Waals surface area contributed by atoms with Crippen LogP contribution in [0.2, 0.25) is 0 Å². The van der Waals surface area contributed by atoms with Crippen LogP contribution in [0.5, 0.6) is 0 Å². The molecule has 1 aliphatic rings. The summed E-state index contributed by atoms with van der Waals surface area (Å²) < 4.78 is 72.1. The highest BCUT2D eigenvalue weighted by molar-refractivity contribution is 7.90. The van der Waals surface area contributed by atoms with Crippen molar-refractivity contribution in [3.05, 3.63) is 54.3 Å². The molecule has 11 heteroatoms. The first-order valence-electron chi connectivity index (χ1n) is 9.35. The zero-order valence-corrected chi connectivity index (χ0v) is 17.5. The minimum atomic E-state index is -4.64. The maximum Gasteiger partial charge on any atom is 0.435 e. The normalized spacial score (nSPS) is 14.5. The van der Waals surface area contributed by atoms with E-state index in [1.165, 1.54) is 28.9 Å². The highest BCUT2D eigenvalue weighted by Crippen LogP contribution is 2.34. The van der Waals surface area contributed by atoms with Gasteiger partial charge in [0.2, 0.25) is 0 Å². The van der Waals surface area contributed by atoms with Crippen LogP contribution in [0.4, 0.5) is 18.0 Å². The molecule has 0 saturated carbocycles. The topological polar surface area (TPSA) is 90.3 Å². The van der Waals surface area contributed by atoms with Crippen molar-refractivity contribution in [1.29, 1.82) is 0 Å². The Balaban J connectivity index is 1.95. The van der Waals surface area contributed by atoms with Crippen LogP contribution in [0.15, 0.2) is 53.5 Å². The van der Waals surface area contributed by atoms with Crippen LogP contribution in [0.1, 0.15) is 32.4 Å². The first-order chi connectivity index (χ1) is 14.5. The molecule has 0 bridgehead atoms. The van der Waals surface area contributed by atoms with Gasteiger partial charge in [0.15, 0.2) is 5.69 Å². The summed E-state index contributed by atoms with van der Waals surface area (Å²) in [5, 5.41) is 3.70. The number of alkyl halides is 3. The van der Waals surface area contributed by atoms with Gasteiger partial charge in [-0.25, -0.2) is 22.6 Å². The molecule has 166 valence electrons. The Hall–Kier alpha value is -3.08. The van der Waals surface area contributed by atoms with E-state index in [-0.39, 0.29) is 10.6 Å². The molecule has 0 unspecified atom stereocenters. The lowest BCUT2D eigenvalue weighted by Crippen LogP contribution is -2.32. The fourth-order valence-corrected chi connectivity index (χ4v) is 3.77. The number of aromatic nitrogens is 2. The first-order valence-corrected chi connectivity index (χ1v) is 10.8. The molecule has 1 aliphatic carbocycles. The maximum absolute atomic E-state index is 13.3. The average molecular weight is 455 g/mol. The van der Waals surface area contributed by atoms with E-state index in [1.54, 1.807) is 30.7 Å². The van der Waals surface area contributed by atoms with Gasteiger partial charge in [-0.05, 0) is 51.0 Å². The van der Waals surface area contributed by atoms with Gasteiger partial charge < -0.3 is 4.74 Å². The summed E-state index contributed by atoms with van der Waals surface area (Å²) in [7, 11) is -4.20. The van der Waals surface area contributed by atoms with E-state index in [2.05, 4.69) is 5.10 Å². The Labute approximate surface area is 177 Å². The molecule has 1 aromatic heterocycles. The van der Waals surface area contributed by atoms with Crippen LogP contribution >= 0.6 is 0 Å². The Bertz CT molecular complexity index is 1130. The van der Waals surface area contributed by atoms with Gasteiger partial charge in [0.25, 0.3) is 10.0 Å². The summed E-state index contributed by atoms with van der Waals surface area (Å²) in [5.74, 6) is 0. The maximum atomic E-state index is 13.3. The zero-order chi connectivity index (χ0) is 22.8. The predicted octanol–water partition coefficient (Wildman–Crippen LogP) is 4.58. The lowest BCUT2D eigenvalue weighted by atomic mass is 10.1. The van der Waals surface area contributed by atoms with E-state index < -0.39 is 34.1 Å². The monoisotopic (exact) mass is 455 g/mol. The average Bonchev–Trinajstić information content (AvgIpc) is 3.13. The highest BCUT2D eigenvalue weighted by Gasteiger charge is 2.35. The quantitative estimate of drug-likeness (QED) is 0.713. The standard InChI is InChI=1S/C20H20F3N3O4S/c1-13(2)30-19(27)25-31(28,29)16-10-8-14(9-11-16)17-12-18(20(21,22)23)24-26(17)15-6-4-3-5-7-15/h4,6-13H,3,5H2,1-2H3,(H,25,27). The minimum absolute atomic E-state index is 0.154. The molecular weight excluding hydrogens is 435 g/mol. The number of ether oxygens (including phenoxy) is 1. The summed E-state index contributed by atoms with van der Waals surface area (Å²) in [5.41, 5.74) is -0.0865. The second-order valence-electron chi connectivity index (χ2n) is 7.02. The van der Waals surface area contributed by atoms with E-state index in [4.69, 9.17) is 4.74 Å². The smallest absolute Gasteiger partial charge is 0.435 e. The van der Waals surface area contributed by atoms with Crippen LogP contribution in [0.3, 0.4) is 0 Å².